The largest absolute Gasteiger partial charge is 0.463 e. The molecule has 0 heterocycles. The quantitative estimate of drug-likeness (QED) is 0.116. The molecule has 0 aromatic heterocycles. The molecular formula is C29H36N2O6S. The van der Waals surface area contributed by atoms with Crippen LogP contribution in [-0.2, 0) is 23.3 Å². The Balaban J connectivity index is 1.81. The third-order valence-corrected chi connectivity index (χ3v) is 6.60. The van der Waals surface area contributed by atoms with Gasteiger partial charge in [-0.15, -0.1) is 0 Å². The molecule has 0 spiro atoms. The van der Waals surface area contributed by atoms with Crippen LogP contribution in [0.15, 0.2) is 36.4 Å². The monoisotopic (exact) mass is 542 g/mol. The van der Waals surface area contributed by atoms with Crippen molar-refractivity contribution >= 4 is 42.1 Å². The summed E-state index contributed by atoms with van der Waals surface area (Å²) in [7, 11) is 0. The molecule has 2 N–H and O–H groups in total. The van der Waals surface area contributed by atoms with Crippen molar-refractivity contribution in [3.63, 3.8) is 0 Å². The van der Waals surface area contributed by atoms with E-state index in [0.29, 0.717) is 43.5 Å². The number of esters is 1. The van der Waals surface area contributed by atoms with E-state index in [0.717, 1.165) is 41.5 Å². The van der Waals surface area contributed by atoms with Crippen LogP contribution in [0.25, 0.3) is 11.1 Å². The van der Waals surface area contributed by atoms with Gasteiger partial charge in [0.2, 0.25) is 11.8 Å². The van der Waals surface area contributed by atoms with Crippen LogP contribution in [-0.4, -0.2) is 44.4 Å². The zero-order chi connectivity index (χ0) is 28.2. The SMILES string of the molecule is [3H]SOCC(=O)OCC1c2cc(NC(=O)CCCC(=O)NCCC)ccc2-c2c(C(=O)CCCC)cccc21. The predicted molar refractivity (Wildman–Crippen MR) is 149 cm³/mol. The molecule has 1 unspecified atom stereocenters. The van der Waals surface area contributed by atoms with E-state index in [1.165, 1.54) is 0 Å². The summed E-state index contributed by atoms with van der Waals surface area (Å²) in [5.74, 6) is -1.11. The molecule has 2 amide bonds. The highest BCUT2D eigenvalue weighted by molar-refractivity contribution is 7.75. The van der Waals surface area contributed by atoms with Gasteiger partial charge < -0.3 is 19.6 Å². The van der Waals surface area contributed by atoms with E-state index in [1.807, 2.05) is 44.2 Å². The molecule has 2 aromatic carbocycles. The Bertz CT molecular complexity index is 1190. The van der Waals surface area contributed by atoms with Crippen LogP contribution in [0.2, 0.25) is 0 Å². The molecule has 0 saturated heterocycles. The third-order valence-electron chi connectivity index (χ3n) is 6.48. The first kappa shape index (κ1) is 27.9. The molecule has 38 heavy (non-hydrogen) atoms. The van der Waals surface area contributed by atoms with E-state index < -0.39 is 5.97 Å². The maximum atomic E-state index is 13.1. The Labute approximate surface area is 230 Å². The fourth-order valence-electron chi connectivity index (χ4n) is 4.62. The highest BCUT2D eigenvalue weighted by Crippen LogP contribution is 2.47. The standard InChI is InChI=1S/C29H36N2O6S/c1-3-5-10-25(32)22-9-6-8-20-24(17-36-28(35)18-37-38)23-16-19(13-14-21(23)29(20)22)31-27(34)12-7-11-26(33)30-15-4-2/h6,8-9,13-14,16,24,38H,3-5,7,10-12,15,17-18H2,1-2H3,(H,30,33)(H,31,34)/i/hT. The maximum Gasteiger partial charge on any atom is 0.333 e. The Morgan fingerprint density at radius 2 is 1.79 bits per heavy atom. The number of amides is 2. The van der Waals surface area contributed by atoms with E-state index in [-0.39, 0.29) is 49.6 Å². The van der Waals surface area contributed by atoms with Gasteiger partial charge in [-0.05, 0) is 66.5 Å². The molecule has 3 rings (SSSR count). The van der Waals surface area contributed by atoms with Crippen molar-refractivity contribution in [3.05, 3.63) is 53.1 Å². The van der Waals surface area contributed by atoms with Crippen LogP contribution in [0.4, 0.5) is 5.69 Å². The van der Waals surface area contributed by atoms with Gasteiger partial charge >= 0.3 is 5.97 Å². The molecule has 1 aliphatic carbocycles. The number of ether oxygens (including phenoxy) is 1. The molecule has 0 radical (unpaired) electrons. The van der Waals surface area contributed by atoms with Gasteiger partial charge in [0.15, 0.2) is 12.4 Å². The zero-order valence-corrected chi connectivity index (χ0v) is 22.8. The van der Waals surface area contributed by atoms with Crippen LogP contribution in [0.3, 0.4) is 0 Å². The third kappa shape index (κ3) is 7.68. The molecule has 204 valence electrons. The van der Waals surface area contributed by atoms with Crippen molar-refractivity contribution in [1.82, 2.24) is 5.32 Å². The lowest BCUT2D eigenvalue weighted by atomic mass is 9.93. The van der Waals surface area contributed by atoms with E-state index >= 15 is 0 Å². The first-order valence-electron chi connectivity index (χ1n) is 13.6. The van der Waals surface area contributed by atoms with Crippen LogP contribution in [0.1, 0.15) is 86.2 Å². The number of fused-ring (bicyclic) bond motifs is 3. The number of thiol groups is 1. The average molecular weight is 543 g/mol. The van der Waals surface area contributed by atoms with Gasteiger partial charge in [0, 0.05) is 43.0 Å². The van der Waals surface area contributed by atoms with E-state index in [2.05, 4.69) is 10.6 Å². The second kappa shape index (κ2) is 14.7. The number of rotatable bonds is 16. The Morgan fingerprint density at radius 3 is 2.55 bits per heavy atom. The summed E-state index contributed by atoms with van der Waals surface area (Å²) in [4.78, 5) is 49.6. The lowest BCUT2D eigenvalue weighted by Crippen LogP contribution is -2.24. The summed E-state index contributed by atoms with van der Waals surface area (Å²) in [6, 6.07) is 11.2. The van der Waals surface area contributed by atoms with Gasteiger partial charge in [0.05, 0.1) is 0 Å². The minimum Gasteiger partial charge on any atom is -0.463 e. The van der Waals surface area contributed by atoms with Gasteiger partial charge in [0.25, 0.3) is 0 Å². The van der Waals surface area contributed by atoms with Crippen molar-refractivity contribution < 1.29 is 28.1 Å². The Hall–Kier alpha value is -3.17. The molecule has 1 aliphatic rings. The second-order valence-corrected chi connectivity index (χ2v) is 9.58. The number of anilines is 1. The first-order valence-corrected chi connectivity index (χ1v) is 13.5. The highest BCUT2D eigenvalue weighted by Gasteiger charge is 2.33. The van der Waals surface area contributed by atoms with E-state index in [1.54, 1.807) is 6.07 Å². The van der Waals surface area contributed by atoms with Crippen LogP contribution >= 0.6 is 12.8 Å². The molecule has 0 saturated carbocycles. The molecule has 1 atom stereocenters. The average Bonchev–Trinajstić information content (AvgIpc) is 3.25. The smallest absolute Gasteiger partial charge is 0.333 e. The van der Waals surface area contributed by atoms with Gasteiger partial charge in [-0.3, -0.25) is 14.4 Å². The van der Waals surface area contributed by atoms with Crippen molar-refractivity contribution in [2.75, 3.05) is 25.1 Å². The zero-order valence-electron chi connectivity index (χ0n) is 23.0. The Morgan fingerprint density at radius 1 is 0.974 bits per heavy atom. The van der Waals surface area contributed by atoms with Crippen LogP contribution in [0, 0.1) is 0 Å². The van der Waals surface area contributed by atoms with Gasteiger partial charge in [-0.25, -0.2) is 4.79 Å². The van der Waals surface area contributed by atoms with E-state index in [4.69, 9.17) is 10.0 Å². The number of ketones is 1. The number of carbonyl (C=O) groups excluding carboxylic acids is 4. The summed E-state index contributed by atoms with van der Waals surface area (Å²) in [6.07, 6.45) is 3.98. The van der Waals surface area contributed by atoms with Crippen molar-refractivity contribution in [2.24, 2.45) is 0 Å². The summed E-state index contributed by atoms with van der Waals surface area (Å²) >= 11 is 0.344. The van der Waals surface area contributed by atoms with Crippen molar-refractivity contribution in [2.45, 2.75) is 64.7 Å². The number of Topliss-reactive ketones (excluding diaryl/α,β-unsaturated/α-hetero) is 1. The number of benzene rings is 2. The lowest BCUT2D eigenvalue weighted by molar-refractivity contribution is -0.145. The number of carbonyl (C=O) groups is 4. The van der Waals surface area contributed by atoms with Crippen molar-refractivity contribution in [1.29, 1.82) is 1.12 Å². The second-order valence-electron chi connectivity index (χ2n) is 9.35. The highest BCUT2D eigenvalue weighted by atomic mass is 32.1. The van der Waals surface area contributed by atoms with Gasteiger partial charge in [-0.2, -0.15) is 0 Å². The van der Waals surface area contributed by atoms with Gasteiger partial charge in [-0.1, -0.05) is 44.5 Å². The molecule has 9 heteroatoms. The number of unbranched alkanes of at least 4 members (excludes halogenated alkanes) is 1. The number of hydrogen-bond donors (Lipinski definition) is 3. The summed E-state index contributed by atoms with van der Waals surface area (Å²) in [5.41, 5.74) is 4.67. The Kier molecular flexibility index (Phi) is 10.8. The molecule has 2 aromatic rings. The first-order chi connectivity index (χ1) is 18.9. The lowest BCUT2D eigenvalue weighted by Gasteiger charge is -2.15. The van der Waals surface area contributed by atoms with Gasteiger partial charge in [0.1, 0.15) is 7.73 Å². The minimum absolute atomic E-state index is 0.0295. The number of hydrogen-bond acceptors (Lipinski definition) is 7. The molecule has 0 aliphatic heterocycles. The van der Waals surface area contributed by atoms with E-state index in [9.17, 15) is 19.2 Å². The summed E-state index contributed by atoms with van der Waals surface area (Å²) < 4.78 is 17.2. The molecule has 8 nitrogen and oxygen atoms in total. The fourth-order valence-corrected chi connectivity index (χ4v) is 4.72. The fraction of sp³-hybridized carbons (Fsp3) is 0.448. The topological polar surface area (TPSA) is 111 Å². The van der Waals surface area contributed by atoms with Crippen LogP contribution < -0.4 is 10.6 Å². The maximum absolute atomic E-state index is 13.1. The van der Waals surface area contributed by atoms with Crippen molar-refractivity contribution in [3.8, 4) is 11.1 Å². The molecule has 0 fully saturated rings. The number of nitrogens with one attached hydrogen (secondary N) is 2. The minimum atomic E-state index is -0.590. The molecular weight excluding hydrogens is 504 g/mol. The predicted octanol–water partition coefficient (Wildman–Crippen LogP) is 5.21. The molecule has 0 bridgehead atoms. The van der Waals surface area contributed by atoms with Crippen LogP contribution in [0.5, 0.6) is 0 Å². The summed E-state index contributed by atoms with van der Waals surface area (Å²) in [6.45, 7) is 4.34. The summed E-state index contributed by atoms with van der Waals surface area (Å²) in [5, 5.41) is 5.71. The normalized spacial score (nSPS) is 13.7.